The lowest BCUT2D eigenvalue weighted by Gasteiger charge is -2.13. The van der Waals surface area contributed by atoms with E-state index in [4.69, 9.17) is 9.88 Å². The predicted molar refractivity (Wildman–Crippen MR) is 125 cm³/mol. The molecule has 0 radical (unpaired) electrons. The van der Waals surface area contributed by atoms with Crippen molar-refractivity contribution < 1.29 is 22.3 Å². The molecule has 0 bridgehead atoms. The van der Waals surface area contributed by atoms with Crippen LogP contribution in [0.25, 0.3) is 21.3 Å². The topological polar surface area (TPSA) is 149 Å². The lowest BCUT2D eigenvalue weighted by atomic mass is 10.1. The fourth-order valence-corrected chi connectivity index (χ4v) is 5.47. The molecular formula is C21H20FN5O5S2. The molecule has 13 heteroatoms. The summed E-state index contributed by atoms with van der Waals surface area (Å²) in [5, 5.41) is 8.01. The number of H-pyrrole nitrogens is 1. The third-order valence-corrected chi connectivity index (χ3v) is 7.79. The normalized spacial score (nSPS) is 11.7. The van der Waals surface area contributed by atoms with E-state index in [0.717, 1.165) is 0 Å². The minimum Gasteiger partial charge on any atom is -0.452 e. The standard InChI is InChI=1S/C21H20FN5O5S2/c1-9-6-25-7-10(2)16(9)32-17-14(22)21(34(23,30)31)33-18(17)12-8-27(4)20(29)15-11(12)5-13(26-15)19(28)24-3/h5-8,26H,1-4H3,(H,24,28)(H2,23,30,31). The molecule has 4 heterocycles. The van der Waals surface area contributed by atoms with Crippen molar-refractivity contribution in [1.82, 2.24) is 19.9 Å². The zero-order chi connectivity index (χ0) is 24.9. The van der Waals surface area contributed by atoms with Gasteiger partial charge >= 0.3 is 0 Å². The van der Waals surface area contributed by atoms with E-state index >= 15 is 4.39 Å². The van der Waals surface area contributed by atoms with Crippen molar-refractivity contribution in [2.75, 3.05) is 7.05 Å². The Morgan fingerprint density at radius 2 is 1.91 bits per heavy atom. The van der Waals surface area contributed by atoms with E-state index in [2.05, 4.69) is 15.3 Å². The van der Waals surface area contributed by atoms with Gasteiger partial charge in [-0.15, -0.1) is 11.3 Å². The average Bonchev–Trinajstić information content (AvgIpc) is 3.35. The molecule has 4 aromatic rings. The zero-order valence-electron chi connectivity index (χ0n) is 18.5. The van der Waals surface area contributed by atoms with Crippen LogP contribution in [0.2, 0.25) is 0 Å². The van der Waals surface area contributed by atoms with Gasteiger partial charge in [0, 0.05) is 54.8 Å². The van der Waals surface area contributed by atoms with Crippen LogP contribution in [0.1, 0.15) is 21.6 Å². The van der Waals surface area contributed by atoms with Crippen molar-refractivity contribution >= 4 is 38.2 Å². The number of halogens is 1. The SMILES string of the molecule is CNC(=O)c1cc2c(-c3sc(S(N)(=O)=O)c(F)c3Oc3c(C)cncc3C)cn(C)c(=O)c2[nH]1. The van der Waals surface area contributed by atoms with Gasteiger partial charge in [0.25, 0.3) is 21.5 Å². The summed E-state index contributed by atoms with van der Waals surface area (Å²) < 4.78 is 46.2. The molecule has 0 fully saturated rings. The van der Waals surface area contributed by atoms with E-state index in [1.807, 2.05) is 0 Å². The molecular weight excluding hydrogens is 485 g/mol. The molecule has 0 aromatic carbocycles. The number of primary sulfonamides is 1. The molecule has 34 heavy (non-hydrogen) atoms. The van der Waals surface area contributed by atoms with E-state index in [1.165, 1.54) is 43.3 Å². The van der Waals surface area contributed by atoms with Crippen LogP contribution >= 0.6 is 11.3 Å². The van der Waals surface area contributed by atoms with Crippen molar-refractivity contribution in [3.63, 3.8) is 0 Å². The molecule has 10 nitrogen and oxygen atoms in total. The second-order valence-electron chi connectivity index (χ2n) is 7.62. The fraction of sp³-hybridized carbons (Fsp3) is 0.190. The summed E-state index contributed by atoms with van der Waals surface area (Å²) in [6, 6.07) is 1.44. The van der Waals surface area contributed by atoms with Gasteiger partial charge in [-0.2, -0.15) is 0 Å². The summed E-state index contributed by atoms with van der Waals surface area (Å²) >= 11 is 0.572. The Kier molecular flexibility index (Phi) is 5.79. The molecule has 178 valence electrons. The monoisotopic (exact) mass is 505 g/mol. The second-order valence-corrected chi connectivity index (χ2v) is 10.4. The third kappa shape index (κ3) is 3.87. The number of nitrogens with zero attached hydrogens (tertiary/aromatic N) is 2. The lowest BCUT2D eigenvalue weighted by molar-refractivity contribution is 0.0959. The van der Waals surface area contributed by atoms with E-state index in [9.17, 15) is 18.0 Å². The first-order chi connectivity index (χ1) is 15.9. The Morgan fingerprint density at radius 1 is 1.26 bits per heavy atom. The minimum atomic E-state index is -4.43. The number of aryl methyl sites for hydroxylation is 3. The first kappa shape index (κ1) is 23.6. The van der Waals surface area contributed by atoms with Crippen LogP contribution in [0.15, 0.2) is 33.7 Å². The summed E-state index contributed by atoms with van der Waals surface area (Å²) in [6.45, 7) is 3.43. The summed E-state index contributed by atoms with van der Waals surface area (Å²) in [7, 11) is -1.51. The van der Waals surface area contributed by atoms with Crippen molar-refractivity contribution in [3.05, 3.63) is 57.6 Å². The predicted octanol–water partition coefficient (Wildman–Crippen LogP) is 2.55. The van der Waals surface area contributed by atoms with Crippen LogP contribution in [0.5, 0.6) is 11.5 Å². The van der Waals surface area contributed by atoms with Gasteiger partial charge in [-0.3, -0.25) is 14.6 Å². The van der Waals surface area contributed by atoms with Crippen molar-refractivity contribution in [1.29, 1.82) is 0 Å². The number of nitrogens with two attached hydrogens (primary N) is 1. The number of fused-ring (bicyclic) bond motifs is 1. The molecule has 4 N–H and O–H groups in total. The summed E-state index contributed by atoms with van der Waals surface area (Å²) in [5.74, 6) is -1.68. The third-order valence-electron chi connectivity index (χ3n) is 5.18. The maximum absolute atomic E-state index is 15.5. The number of aromatic nitrogens is 3. The Morgan fingerprint density at radius 3 is 2.50 bits per heavy atom. The highest BCUT2D eigenvalue weighted by atomic mass is 32.2. The van der Waals surface area contributed by atoms with E-state index in [0.29, 0.717) is 28.2 Å². The number of carbonyl (C=O) groups excluding carboxylic acids is 1. The van der Waals surface area contributed by atoms with Crippen LogP contribution in [-0.4, -0.2) is 35.9 Å². The van der Waals surface area contributed by atoms with E-state index < -0.39 is 31.5 Å². The highest BCUT2D eigenvalue weighted by Gasteiger charge is 2.30. The molecule has 0 aliphatic carbocycles. The fourth-order valence-electron chi connectivity index (χ4n) is 3.55. The Hall–Kier alpha value is -3.55. The molecule has 0 saturated carbocycles. The summed E-state index contributed by atoms with van der Waals surface area (Å²) in [4.78, 5) is 31.8. The quantitative estimate of drug-likeness (QED) is 0.379. The molecule has 4 aromatic heterocycles. The maximum Gasteiger partial charge on any atom is 0.274 e. The van der Waals surface area contributed by atoms with Crippen molar-refractivity contribution in [2.24, 2.45) is 12.2 Å². The molecule has 0 saturated heterocycles. The molecule has 4 rings (SSSR count). The van der Waals surface area contributed by atoms with Gasteiger partial charge in [0.2, 0.25) is 0 Å². The van der Waals surface area contributed by atoms with Crippen LogP contribution in [0, 0.1) is 19.7 Å². The Labute approximate surface area is 197 Å². The molecule has 1 amide bonds. The number of sulfonamides is 1. The number of thiophene rings is 1. The molecule has 0 spiro atoms. The first-order valence-corrected chi connectivity index (χ1v) is 12.2. The van der Waals surface area contributed by atoms with Gasteiger partial charge in [0.15, 0.2) is 15.8 Å². The van der Waals surface area contributed by atoms with Crippen LogP contribution in [0.3, 0.4) is 0 Å². The van der Waals surface area contributed by atoms with E-state index in [-0.39, 0.29) is 32.8 Å². The van der Waals surface area contributed by atoms with Crippen molar-refractivity contribution in [3.8, 4) is 21.9 Å². The highest BCUT2D eigenvalue weighted by Crippen LogP contribution is 2.47. The number of nitrogens with one attached hydrogen (secondary N) is 2. The van der Waals surface area contributed by atoms with Crippen LogP contribution in [-0.2, 0) is 17.1 Å². The van der Waals surface area contributed by atoms with E-state index in [1.54, 1.807) is 13.8 Å². The number of amides is 1. The molecule has 0 atom stereocenters. The highest BCUT2D eigenvalue weighted by molar-refractivity contribution is 7.91. The molecule has 0 unspecified atom stereocenters. The van der Waals surface area contributed by atoms with Crippen LogP contribution < -0.4 is 20.8 Å². The number of carbonyl (C=O) groups is 1. The van der Waals surface area contributed by atoms with Crippen molar-refractivity contribution in [2.45, 2.75) is 18.1 Å². The zero-order valence-corrected chi connectivity index (χ0v) is 20.1. The van der Waals surface area contributed by atoms with Gasteiger partial charge in [-0.25, -0.2) is 17.9 Å². The van der Waals surface area contributed by atoms with Crippen LogP contribution in [0.4, 0.5) is 4.39 Å². The summed E-state index contributed by atoms with van der Waals surface area (Å²) in [5.41, 5.74) is 1.24. The smallest absolute Gasteiger partial charge is 0.274 e. The lowest BCUT2D eigenvalue weighted by Crippen LogP contribution is -2.19. The Bertz CT molecular complexity index is 1620. The number of hydrogen-bond donors (Lipinski definition) is 3. The number of ether oxygens (including phenoxy) is 1. The first-order valence-electron chi connectivity index (χ1n) is 9.83. The Balaban J connectivity index is 2.07. The van der Waals surface area contributed by atoms with Gasteiger partial charge in [0.05, 0.1) is 4.88 Å². The second kappa shape index (κ2) is 8.34. The number of aromatic amines is 1. The number of hydrogen-bond acceptors (Lipinski definition) is 7. The molecule has 0 aliphatic heterocycles. The van der Waals surface area contributed by atoms with Gasteiger partial charge in [-0.05, 0) is 19.9 Å². The average molecular weight is 506 g/mol. The van der Waals surface area contributed by atoms with Gasteiger partial charge in [0.1, 0.15) is 17.0 Å². The minimum absolute atomic E-state index is 0.0835. The number of pyridine rings is 2. The maximum atomic E-state index is 15.5. The number of rotatable bonds is 5. The largest absolute Gasteiger partial charge is 0.452 e. The van der Waals surface area contributed by atoms with Gasteiger partial charge in [-0.1, -0.05) is 0 Å². The molecule has 0 aliphatic rings. The van der Waals surface area contributed by atoms with Gasteiger partial charge < -0.3 is 19.6 Å². The summed E-state index contributed by atoms with van der Waals surface area (Å²) in [6.07, 6.45) is 4.47.